The Hall–Kier alpha value is -2.43. The predicted octanol–water partition coefficient (Wildman–Crippen LogP) is 4.36. The summed E-state index contributed by atoms with van der Waals surface area (Å²) in [4.78, 5) is 23.0. The Balaban J connectivity index is 0.00000272. The van der Waals surface area contributed by atoms with Crippen LogP contribution in [0.5, 0.6) is 0 Å². The lowest BCUT2D eigenvalue weighted by Gasteiger charge is -2.28. The van der Waals surface area contributed by atoms with Crippen molar-refractivity contribution >= 4 is 36.8 Å². The number of carboxylic acid groups (broad SMARTS) is 1. The molecule has 1 heterocycles. The van der Waals surface area contributed by atoms with Crippen LogP contribution in [0.3, 0.4) is 0 Å². The molecule has 33 heavy (non-hydrogen) atoms. The van der Waals surface area contributed by atoms with E-state index in [0.29, 0.717) is 24.1 Å². The molecule has 0 bridgehead atoms. The number of aromatic nitrogens is 2. The van der Waals surface area contributed by atoms with Crippen LogP contribution < -0.4 is 5.73 Å². The van der Waals surface area contributed by atoms with Crippen LogP contribution in [0.2, 0.25) is 0 Å². The molecule has 0 amide bonds. The van der Waals surface area contributed by atoms with Gasteiger partial charge in [0, 0.05) is 17.5 Å². The van der Waals surface area contributed by atoms with Gasteiger partial charge in [0.15, 0.2) is 0 Å². The van der Waals surface area contributed by atoms with Crippen molar-refractivity contribution in [3.05, 3.63) is 47.2 Å². The lowest BCUT2D eigenvalue weighted by atomic mass is 9.85. The van der Waals surface area contributed by atoms with Gasteiger partial charge in [0.1, 0.15) is 12.1 Å². The van der Waals surface area contributed by atoms with E-state index in [-0.39, 0.29) is 54.8 Å². The molecule has 7 nitrogen and oxygen atoms in total. The molecule has 0 spiro atoms. The van der Waals surface area contributed by atoms with E-state index in [4.69, 9.17) is 15.6 Å². The van der Waals surface area contributed by atoms with E-state index in [1.165, 1.54) is 12.1 Å². The smallest absolute Gasteiger partial charge is 0.416 e. The van der Waals surface area contributed by atoms with Gasteiger partial charge in [-0.15, -0.1) is 24.8 Å². The van der Waals surface area contributed by atoms with Gasteiger partial charge in [0.25, 0.3) is 0 Å². The van der Waals surface area contributed by atoms with Crippen LogP contribution in [0.4, 0.5) is 13.2 Å². The maximum atomic E-state index is 13.0. The Bertz CT molecular complexity index is 991. The highest BCUT2D eigenvalue weighted by Gasteiger charge is 2.32. The zero-order chi connectivity index (χ0) is 22.8. The van der Waals surface area contributed by atoms with Gasteiger partial charge in [0.05, 0.1) is 17.0 Å². The topological polar surface area (TPSA) is 115 Å². The number of hydrogen-bond donors (Lipinski definition) is 2. The number of nitrogens with zero attached hydrogens (tertiary/aromatic N) is 2. The summed E-state index contributed by atoms with van der Waals surface area (Å²) >= 11 is 0. The summed E-state index contributed by atoms with van der Waals surface area (Å²) in [6.45, 7) is 1.96. The van der Waals surface area contributed by atoms with Crippen molar-refractivity contribution in [3.63, 3.8) is 0 Å². The van der Waals surface area contributed by atoms with E-state index < -0.39 is 35.8 Å². The molecule has 3 rings (SSSR count). The minimum Gasteiger partial charge on any atom is -0.480 e. The molecule has 182 valence electrons. The molecule has 1 aromatic carbocycles. The number of alkyl halides is 3. The fraction of sp³-hybridized carbons (Fsp3) is 0.429. The van der Waals surface area contributed by atoms with Crippen LogP contribution in [0.15, 0.2) is 30.3 Å². The number of esters is 1. The van der Waals surface area contributed by atoms with Crippen molar-refractivity contribution < 1.29 is 32.6 Å². The molecule has 0 saturated carbocycles. The number of carbonyl (C=O) groups excluding carboxylic acids is 1. The van der Waals surface area contributed by atoms with Gasteiger partial charge >= 0.3 is 18.1 Å². The Labute approximate surface area is 200 Å². The van der Waals surface area contributed by atoms with Crippen molar-refractivity contribution in [1.82, 2.24) is 10.2 Å². The van der Waals surface area contributed by atoms with Crippen molar-refractivity contribution in [3.8, 4) is 11.3 Å². The number of halogens is 5. The summed E-state index contributed by atoms with van der Waals surface area (Å²) in [5, 5.41) is 17.1. The van der Waals surface area contributed by atoms with Crippen LogP contribution in [-0.4, -0.2) is 33.3 Å². The minimum atomic E-state index is -4.48. The lowest BCUT2D eigenvalue weighted by Crippen LogP contribution is -2.31. The maximum absolute atomic E-state index is 13.0. The van der Waals surface area contributed by atoms with Crippen molar-refractivity contribution in [1.29, 1.82) is 0 Å². The molecule has 0 saturated heterocycles. The highest BCUT2D eigenvalue weighted by Crippen LogP contribution is 2.37. The number of aliphatic carboxylic acids is 1. The zero-order valence-electron chi connectivity index (χ0n) is 17.5. The van der Waals surface area contributed by atoms with Gasteiger partial charge in [-0.3, -0.25) is 9.59 Å². The molecule has 3 unspecified atom stereocenters. The molecule has 1 aromatic heterocycles. The molecule has 2 aromatic rings. The van der Waals surface area contributed by atoms with Gasteiger partial charge in [-0.2, -0.15) is 23.4 Å². The highest BCUT2D eigenvalue weighted by molar-refractivity contribution is 5.85. The average Bonchev–Trinajstić information content (AvgIpc) is 2.71. The molecule has 0 radical (unpaired) electrons. The third kappa shape index (κ3) is 7.28. The summed E-state index contributed by atoms with van der Waals surface area (Å²) < 4.78 is 44.7. The summed E-state index contributed by atoms with van der Waals surface area (Å²) in [5.74, 6) is -1.65. The number of carboxylic acids is 1. The highest BCUT2D eigenvalue weighted by atomic mass is 35.5. The number of nitrogens with two attached hydrogens (primary N) is 1. The van der Waals surface area contributed by atoms with Gasteiger partial charge < -0.3 is 15.6 Å². The fourth-order valence-electron chi connectivity index (χ4n) is 3.50. The van der Waals surface area contributed by atoms with E-state index >= 15 is 0 Å². The molecule has 0 fully saturated rings. The first-order chi connectivity index (χ1) is 14.5. The zero-order valence-corrected chi connectivity index (χ0v) is 19.2. The maximum Gasteiger partial charge on any atom is 0.416 e. The van der Waals surface area contributed by atoms with Crippen LogP contribution in [-0.2, 0) is 26.9 Å². The second-order valence-electron chi connectivity index (χ2n) is 7.72. The number of rotatable bonds is 6. The van der Waals surface area contributed by atoms with E-state index in [2.05, 4.69) is 10.2 Å². The first-order valence-corrected chi connectivity index (χ1v) is 9.76. The average molecular weight is 510 g/mol. The van der Waals surface area contributed by atoms with Crippen LogP contribution >= 0.6 is 24.8 Å². The molecule has 3 N–H and O–H groups in total. The normalized spacial score (nSPS) is 18.2. The quantitative estimate of drug-likeness (QED) is 0.555. The third-order valence-electron chi connectivity index (χ3n) is 5.15. The number of fused-ring (bicyclic) bond motifs is 1. The summed E-state index contributed by atoms with van der Waals surface area (Å²) in [5.41, 5.74) is 6.33. The second-order valence-corrected chi connectivity index (χ2v) is 7.72. The summed E-state index contributed by atoms with van der Waals surface area (Å²) in [6.07, 6.45) is -4.24. The number of carbonyl (C=O) groups is 2. The molecular weight excluding hydrogens is 486 g/mol. The fourth-order valence-corrected chi connectivity index (χ4v) is 3.50. The van der Waals surface area contributed by atoms with Gasteiger partial charge in [-0.25, -0.2) is 0 Å². The van der Waals surface area contributed by atoms with Crippen molar-refractivity contribution in [2.75, 3.05) is 0 Å². The number of hydrogen-bond acceptors (Lipinski definition) is 6. The van der Waals surface area contributed by atoms with Crippen LogP contribution in [0.1, 0.15) is 49.1 Å². The van der Waals surface area contributed by atoms with Gasteiger partial charge in [-0.05, 0) is 43.4 Å². The Morgan fingerprint density at radius 2 is 1.94 bits per heavy atom. The van der Waals surface area contributed by atoms with E-state index in [9.17, 15) is 22.8 Å². The Morgan fingerprint density at radius 1 is 1.24 bits per heavy atom. The third-order valence-corrected chi connectivity index (χ3v) is 5.15. The predicted molar refractivity (Wildman–Crippen MR) is 118 cm³/mol. The van der Waals surface area contributed by atoms with Gasteiger partial charge in [-0.1, -0.05) is 19.1 Å². The SMILES string of the molecule is CC1Cc2nnc(-c3cccc(C(F)(F)F)c3)cc2C(OC(=O)CCC(N)C(=O)O)C1.Cl.Cl. The summed E-state index contributed by atoms with van der Waals surface area (Å²) in [6, 6.07) is 5.21. The first kappa shape index (κ1) is 28.6. The number of benzene rings is 1. The standard InChI is InChI=1S/C21H22F3N3O4.2ClH/c1-11-7-17-14(18(8-11)31-19(28)6-5-15(25)20(29)30)10-16(26-27-17)12-3-2-4-13(9-12)21(22,23)24;;/h2-4,9-11,15,18H,5-8,25H2,1H3,(H,29,30);2*1H. The minimum absolute atomic E-state index is 0. The molecule has 3 atom stereocenters. The Kier molecular flexibility index (Phi) is 10.1. The number of ether oxygens (including phenoxy) is 1. The summed E-state index contributed by atoms with van der Waals surface area (Å²) in [7, 11) is 0. The van der Waals surface area contributed by atoms with Gasteiger partial charge in [0.2, 0.25) is 0 Å². The molecule has 12 heteroatoms. The molecule has 1 aliphatic rings. The largest absolute Gasteiger partial charge is 0.480 e. The van der Waals surface area contributed by atoms with Crippen molar-refractivity contribution in [2.45, 2.75) is 50.9 Å². The Morgan fingerprint density at radius 3 is 2.58 bits per heavy atom. The van der Waals surface area contributed by atoms with E-state index in [1.807, 2.05) is 6.92 Å². The van der Waals surface area contributed by atoms with Crippen LogP contribution in [0.25, 0.3) is 11.3 Å². The van der Waals surface area contributed by atoms with E-state index in [0.717, 1.165) is 12.1 Å². The second kappa shape index (κ2) is 11.6. The van der Waals surface area contributed by atoms with E-state index in [1.54, 1.807) is 6.07 Å². The monoisotopic (exact) mass is 509 g/mol. The van der Waals surface area contributed by atoms with Crippen molar-refractivity contribution in [2.24, 2.45) is 11.7 Å². The molecule has 0 aliphatic heterocycles. The first-order valence-electron chi connectivity index (χ1n) is 9.76. The van der Waals surface area contributed by atoms with Crippen LogP contribution in [0, 0.1) is 5.92 Å². The molecule has 1 aliphatic carbocycles. The lowest BCUT2D eigenvalue weighted by molar-refractivity contribution is -0.151. The molecular formula is C21H24Cl2F3N3O4.